The number of ether oxygens (including phenoxy) is 2. The van der Waals surface area contributed by atoms with Crippen LogP contribution in [0.1, 0.15) is 29.2 Å². The second-order valence-electron chi connectivity index (χ2n) is 9.12. The number of amides is 1. The van der Waals surface area contributed by atoms with Crippen LogP contribution in [0.4, 0.5) is 0 Å². The van der Waals surface area contributed by atoms with Gasteiger partial charge in [0.15, 0.2) is 0 Å². The fraction of sp³-hybridized carbons (Fsp3) is 0.333. The lowest BCUT2D eigenvalue weighted by atomic mass is 9.93. The lowest BCUT2D eigenvalue weighted by Gasteiger charge is -2.33. The average Bonchev–Trinajstić information content (AvgIpc) is 3.47. The van der Waals surface area contributed by atoms with Crippen LogP contribution in [0.3, 0.4) is 0 Å². The van der Waals surface area contributed by atoms with E-state index in [1.54, 1.807) is 4.52 Å². The Balaban J connectivity index is 1.14. The van der Waals surface area contributed by atoms with Gasteiger partial charge < -0.3 is 14.4 Å². The number of hydrogen-bond acceptors (Lipinski definition) is 7. The molecule has 1 fully saturated rings. The minimum atomic E-state index is -0.224. The molecule has 0 spiro atoms. The number of nitrogens with zero attached hydrogens (tertiary/aromatic N) is 5. The first kappa shape index (κ1) is 23.0. The van der Waals surface area contributed by atoms with Gasteiger partial charge in [-0.15, -0.1) is 5.10 Å². The van der Waals surface area contributed by atoms with E-state index in [0.717, 1.165) is 5.69 Å². The Hall–Kier alpha value is -3.43. The molecular weight excluding hydrogens is 474 g/mol. The molecule has 0 saturated carbocycles. The molecule has 2 aromatic heterocycles. The van der Waals surface area contributed by atoms with Crippen molar-refractivity contribution in [2.75, 3.05) is 32.6 Å². The third-order valence-electron chi connectivity index (χ3n) is 6.82. The van der Waals surface area contributed by atoms with Gasteiger partial charge in [-0.05, 0) is 35.4 Å². The third kappa shape index (κ3) is 4.22. The van der Waals surface area contributed by atoms with Gasteiger partial charge in [0.25, 0.3) is 5.78 Å². The molecular formula is C27H27N5O3S. The molecule has 9 heteroatoms. The minimum Gasteiger partial charge on any atom is -0.475 e. The summed E-state index contributed by atoms with van der Waals surface area (Å²) in [7, 11) is 0. The number of morpholine rings is 1. The van der Waals surface area contributed by atoms with Gasteiger partial charge in [-0.2, -0.15) is 9.50 Å². The molecule has 2 aliphatic rings. The van der Waals surface area contributed by atoms with Crippen LogP contribution in [0.5, 0.6) is 5.88 Å². The smallest absolute Gasteiger partial charge is 0.256 e. The molecule has 1 saturated heterocycles. The third-order valence-corrected chi connectivity index (χ3v) is 7.36. The number of carbonyl (C=O) groups excluding carboxylic acids is 1. The zero-order chi connectivity index (χ0) is 24.6. The van der Waals surface area contributed by atoms with E-state index in [9.17, 15) is 4.79 Å². The van der Waals surface area contributed by atoms with Gasteiger partial charge >= 0.3 is 0 Å². The van der Waals surface area contributed by atoms with Crippen molar-refractivity contribution in [1.29, 1.82) is 0 Å². The molecule has 0 radical (unpaired) electrons. The fourth-order valence-electron chi connectivity index (χ4n) is 5.13. The van der Waals surface area contributed by atoms with Crippen LogP contribution in [-0.2, 0) is 9.53 Å². The van der Waals surface area contributed by atoms with Crippen LogP contribution in [0.2, 0.25) is 0 Å². The van der Waals surface area contributed by atoms with Crippen molar-refractivity contribution < 1.29 is 14.3 Å². The summed E-state index contributed by atoms with van der Waals surface area (Å²) < 4.78 is 13.7. The summed E-state index contributed by atoms with van der Waals surface area (Å²) in [6, 6.07) is 18.7. The van der Waals surface area contributed by atoms with Gasteiger partial charge in [0, 0.05) is 30.6 Å². The zero-order valence-corrected chi connectivity index (χ0v) is 21.1. The Labute approximate surface area is 213 Å². The Bertz CT molecular complexity index is 1390. The van der Waals surface area contributed by atoms with Crippen molar-refractivity contribution in [3.8, 4) is 17.0 Å². The molecule has 6 rings (SSSR count). The van der Waals surface area contributed by atoms with Crippen molar-refractivity contribution in [2.45, 2.75) is 30.5 Å². The molecule has 36 heavy (non-hydrogen) atoms. The number of benzene rings is 2. The fourth-order valence-corrected chi connectivity index (χ4v) is 5.47. The second kappa shape index (κ2) is 9.55. The summed E-state index contributed by atoms with van der Waals surface area (Å²) >= 11 is 1.46. The summed E-state index contributed by atoms with van der Waals surface area (Å²) in [5.74, 6) is 1.29. The molecule has 1 atom stereocenters. The molecule has 3 heterocycles. The maximum absolute atomic E-state index is 13.4. The Morgan fingerprint density at radius 1 is 1.11 bits per heavy atom. The summed E-state index contributed by atoms with van der Waals surface area (Å²) in [6.07, 6.45) is 2.15. The molecule has 8 nitrogen and oxygen atoms in total. The van der Waals surface area contributed by atoms with Crippen LogP contribution in [-0.4, -0.2) is 69.1 Å². The van der Waals surface area contributed by atoms with Gasteiger partial charge in [0.1, 0.15) is 12.7 Å². The molecule has 1 aliphatic heterocycles. The Morgan fingerprint density at radius 2 is 1.83 bits per heavy atom. The summed E-state index contributed by atoms with van der Waals surface area (Å²) in [6.45, 7) is 3.78. The van der Waals surface area contributed by atoms with Crippen LogP contribution < -0.4 is 4.74 Å². The number of fused-ring (bicyclic) bond motifs is 4. The number of aromatic nitrogens is 4. The van der Waals surface area contributed by atoms with Gasteiger partial charge in [0.05, 0.1) is 13.2 Å². The van der Waals surface area contributed by atoms with Gasteiger partial charge in [-0.25, -0.2) is 4.98 Å². The average molecular weight is 502 g/mol. The van der Waals surface area contributed by atoms with Crippen LogP contribution in [0, 0.1) is 6.92 Å². The normalized spacial score (nSPS) is 17.3. The van der Waals surface area contributed by atoms with Crippen molar-refractivity contribution >= 4 is 23.4 Å². The van der Waals surface area contributed by atoms with Crippen molar-refractivity contribution in [1.82, 2.24) is 24.5 Å². The summed E-state index contributed by atoms with van der Waals surface area (Å²) in [5.41, 5.74) is 5.73. The van der Waals surface area contributed by atoms with E-state index in [1.807, 2.05) is 24.1 Å². The number of thioether (sulfide) groups is 1. The van der Waals surface area contributed by atoms with E-state index in [4.69, 9.17) is 9.47 Å². The summed E-state index contributed by atoms with van der Waals surface area (Å²) in [5, 5.41) is 5.09. The quantitative estimate of drug-likeness (QED) is 0.370. The van der Waals surface area contributed by atoms with Crippen molar-refractivity contribution in [3.05, 3.63) is 71.4 Å². The van der Waals surface area contributed by atoms with Crippen LogP contribution in [0.25, 0.3) is 16.9 Å². The zero-order valence-electron chi connectivity index (χ0n) is 20.3. The van der Waals surface area contributed by atoms with Crippen LogP contribution in [0.15, 0.2) is 59.8 Å². The van der Waals surface area contributed by atoms with E-state index >= 15 is 0 Å². The largest absolute Gasteiger partial charge is 0.475 e. The topological polar surface area (TPSA) is 81.9 Å². The molecule has 4 aromatic rings. The lowest BCUT2D eigenvalue weighted by molar-refractivity contribution is -0.140. The van der Waals surface area contributed by atoms with Crippen LogP contribution >= 0.6 is 11.8 Å². The van der Waals surface area contributed by atoms with Gasteiger partial charge in [0.2, 0.25) is 16.9 Å². The highest BCUT2D eigenvalue weighted by atomic mass is 32.2. The Morgan fingerprint density at radius 3 is 2.56 bits per heavy atom. The predicted octanol–water partition coefficient (Wildman–Crippen LogP) is 3.96. The molecule has 1 unspecified atom stereocenters. The molecule has 0 bridgehead atoms. The van der Waals surface area contributed by atoms with E-state index < -0.39 is 0 Å². The van der Waals surface area contributed by atoms with Crippen molar-refractivity contribution in [3.63, 3.8) is 0 Å². The van der Waals surface area contributed by atoms with E-state index in [-0.39, 0.29) is 17.9 Å². The first-order valence-electron chi connectivity index (χ1n) is 12.1. The number of hydrogen-bond donors (Lipinski definition) is 0. The predicted molar refractivity (Wildman–Crippen MR) is 137 cm³/mol. The van der Waals surface area contributed by atoms with Gasteiger partial charge in [-0.3, -0.25) is 4.79 Å². The highest BCUT2D eigenvalue weighted by Gasteiger charge is 2.32. The molecule has 184 valence electrons. The summed E-state index contributed by atoms with van der Waals surface area (Å²) in [4.78, 5) is 24.2. The highest BCUT2D eigenvalue weighted by molar-refractivity contribution is 7.98. The molecule has 1 aliphatic carbocycles. The SMILES string of the molecule is CSc1nc2nc(C)cc(OCC3CN(C(=O)CC4c5ccccc5-c5ccccc54)CCO3)n2n1. The highest BCUT2D eigenvalue weighted by Crippen LogP contribution is 2.46. The molecule has 1 amide bonds. The first-order chi connectivity index (χ1) is 17.6. The van der Waals surface area contributed by atoms with E-state index in [2.05, 4.69) is 63.6 Å². The molecule has 0 N–H and O–H groups in total. The lowest BCUT2D eigenvalue weighted by Crippen LogP contribution is -2.48. The number of carbonyl (C=O) groups is 1. The number of rotatable bonds is 6. The van der Waals surface area contributed by atoms with Crippen molar-refractivity contribution in [2.24, 2.45) is 0 Å². The Kier molecular flexibility index (Phi) is 6.10. The van der Waals surface area contributed by atoms with E-state index in [0.29, 0.717) is 49.5 Å². The minimum absolute atomic E-state index is 0.0773. The number of aryl methyl sites for hydroxylation is 1. The monoisotopic (exact) mass is 501 g/mol. The van der Waals surface area contributed by atoms with E-state index in [1.165, 1.54) is 34.0 Å². The first-order valence-corrected chi connectivity index (χ1v) is 13.3. The standard InChI is InChI=1S/C27H27N5O3S/c1-17-13-25(32-26(28-17)29-27(30-32)36-2)35-16-18-15-31(11-12-34-18)24(33)14-23-21-9-5-3-7-19(21)20-8-4-6-10-22(20)23/h3-10,13,18,23H,11-12,14-16H2,1-2H3. The van der Waals surface area contributed by atoms with Gasteiger partial charge in [-0.1, -0.05) is 60.3 Å². The maximum atomic E-state index is 13.4. The molecule has 2 aromatic carbocycles. The maximum Gasteiger partial charge on any atom is 0.256 e. The second-order valence-corrected chi connectivity index (χ2v) is 9.89.